The summed E-state index contributed by atoms with van der Waals surface area (Å²) in [4.78, 5) is 2.30. The summed E-state index contributed by atoms with van der Waals surface area (Å²) in [6.45, 7) is 2.50. The number of rotatable bonds is 7. The number of nitrogens with zero attached hydrogens (tertiary/aromatic N) is 1. The Kier molecular flexibility index (Phi) is 7.64. The number of benzene rings is 3. The topological polar surface area (TPSA) is 12.5 Å². The fraction of sp³-hybridized carbons (Fsp3) is 0.300. The summed E-state index contributed by atoms with van der Waals surface area (Å²) < 4.78 is 5.42. The normalized spacial score (nSPS) is 11.0. The van der Waals surface area contributed by atoms with Crippen LogP contribution >= 0.6 is 35.6 Å². The van der Waals surface area contributed by atoms with E-state index < -0.39 is 0 Å². The first-order valence-electron chi connectivity index (χ1n) is 8.09. The van der Waals surface area contributed by atoms with Crippen LogP contribution in [0.25, 0.3) is 21.5 Å². The molecule has 3 rings (SSSR count). The van der Waals surface area contributed by atoms with Gasteiger partial charge in [0.1, 0.15) is 5.75 Å². The quantitative estimate of drug-likeness (QED) is 0.374. The van der Waals surface area contributed by atoms with Gasteiger partial charge in [0.05, 0.1) is 7.11 Å². The van der Waals surface area contributed by atoms with Gasteiger partial charge in [0, 0.05) is 31.4 Å². The maximum Gasteiger partial charge on any atom is 0.119 e. The van der Waals surface area contributed by atoms with Crippen LogP contribution in [0.5, 0.6) is 5.75 Å². The summed E-state index contributed by atoms with van der Waals surface area (Å²) >= 11 is 11.9. The number of halogens is 3. The van der Waals surface area contributed by atoms with Gasteiger partial charge in [-0.3, -0.25) is 4.90 Å². The summed E-state index contributed by atoms with van der Waals surface area (Å²) in [5, 5.41) is 4.96. The van der Waals surface area contributed by atoms with Crippen molar-refractivity contribution >= 4 is 57.2 Å². The molecule has 3 aromatic carbocycles. The van der Waals surface area contributed by atoms with Crippen molar-refractivity contribution in [3.8, 4) is 5.75 Å². The minimum Gasteiger partial charge on any atom is -0.497 e. The summed E-state index contributed by atoms with van der Waals surface area (Å²) in [5.74, 6) is 2.09. The molecule has 0 aliphatic carbocycles. The summed E-state index contributed by atoms with van der Waals surface area (Å²) in [6.07, 6.45) is 0. The second-order valence-electron chi connectivity index (χ2n) is 5.82. The molecule has 0 saturated heterocycles. The molecule has 0 aromatic heterocycles. The number of hydrogen-bond acceptors (Lipinski definition) is 2. The van der Waals surface area contributed by atoms with Gasteiger partial charge in [-0.1, -0.05) is 30.3 Å². The van der Waals surface area contributed by atoms with E-state index >= 15 is 0 Å². The third-order valence-electron chi connectivity index (χ3n) is 4.35. The van der Waals surface area contributed by atoms with Crippen LogP contribution in [0.3, 0.4) is 0 Å². The first-order valence-corrected chi connectivity index (χ1v) is 9.16. The van der Waals surface area contributed by atoms with Crippen molar-refractivity contribution in [2.24, 2.45) is 0 Å². The Morgan fingerprint density at radius 2 is 1.60 bits per heavy atom. The predicted molar refractivity (Wildman–Crippen MR) is 112 cm³/mol. The van der Waals surface area contributed by atoms with Crippen LogP contribution in [0.2, 0.25) is 0 Å². The Hall–Kier alpha value is -1.19. The Labute approximate surface area is 165 Å². The van der Waals surface area contributed by atoms with Gasteiger partial charge in [0.15, 0.2) is 0 Å². The molecule has 134 valence electrons. The van der Waals surface area contributed by atoms with E-state index in [0.29, 0.717) is 11.8 Å². The smallest absolute Gasteiger partial charge is 0.119 e. The molecular formula is C20H22Cl3NO. The standard InChI is InChI=1S/C20H21Cl2NO.ClH/c1-24-17-6-7-19-16(14-23(10-8-21)11-9-22)12-15-4-2-3-5-18(15)20(19)13-17;/h2-7,12-13H,8-11,14H2,1H3;1H. The van der Waals surface area contributed by atoms with Gasteiger partial charge < -0.3 is 4.74 Å². The summed E-state index contributed by atoms with van der Waals surface area (Å²) in [6, 6.07) is 17.0. The van der Waals surface area contributed by atoms with Crippen molar-refractivity contribution < 1.29 is 4.74 Å². The highest BCUT2D eigenvalue weighted by molar-refractivity contribution is 6.18. The van der Waals surface area contributed by atoms with E-state index in [0.717, 1.165) is 25.4 Å². The minimum atomic E-state index is 0. The molecule has 0 unspecified atom stereocenters. The number of fused-ring (bicyclic) bond motifs is 3. The number of ether oxygens (including phenoxy) is 1. The van der Waals surface area contributed by atoms with Gasteiger partial charge in [-0.25, -0.2) is 0 Å². The van der Waals surface area contributed by atoms with Crippen LogP contribution in [-0.4, -0.2) is 36.9 Å². The molecule has 0 spiro atoms. The Balaban J connectivity index is 0.00000225. The average Bonchev–Trinajstić information content (AvgIpc) is 2.62. The second-order valence-corrected chi connectivity index (χ2v) is 6.58. The Morgan fingerprint density at radius 3 is 2.28 bits per heavy atom. The molecule has 0 amide bonds. The largest absolute Gasteiger partial charge is 0.497 e. The highest BCUT2D eigenvalue weighted by Crippen LogP contribution is 2.32. The molecule has 0 radical (unpaired) electrons. The molecule has 0 atom stereocenters. The maximum absolute atomic E-state index is 5.95. The van der Waals surface area contributed by atoms with Gasteiger partial charge in [-0.2, -0.15) is 0 Å². The highest BCUT2D eigenvalue weighted by atomic mass is 35.5. The Bertz CT molecular complexity index is 832. The molecule has 3 aromatic rings. The van der Waals surface area contributed by atoms with E-state index in [1.54, 1.807) is 7.11 Å². The van der Waals surface area contributed by atoms with Crippen molar-refractivity contribution in [1.82, 2.24) is 4.90 Å². The van der Waals surface area contributed by atoms with Crippen LogP contribution in [-0.2, 0) is 6.54 Å². The maximum atomic E-state index is 5.95. The van der Waals surface area contributed by atoms with E-state index in [-0.39, 0.29) is 12.4 Å². The van der Waals surface area contributed by atoms with Gasteiger partial charge in [0.25, 0.3) is 0 Å². The molecule has 0 aliphatic heterocycles. The zero-order valence-corrected chi connectivity index (χ0v) is 16.5. The van der Waals surface area contributed by atoms with Gasteiger partial charge in [-0.05, 0) is 45.3 Å². The lowest BCUT2D eigenvalue weighted by Gasteiger charge is -2.22. The molecule has 0 heterocycles. The molecule has 0 N–H and O–H groups in total. The molecule has 0 saturated carbocycles. The van der Waals surface area contributed by atoms with Crippen molar-refractivity contribution in [3.05, 3.63) is 54.1 Å². The SMILES string of the molecule is COc1ccc2c(CN(CCCl)CCCl)cc3ccccc3c2c1.Cl. The molecule has 0 fully saturated rings. The van der Waals surface area contributed by atoms with E-state index in [9.17, 15) is 0 Å². The monoisotopic (exact) mass is 397 g/mol. The lowest BCUT2D eigenvalue weighted by Crippen LogP contribution is -2.27. The molecular weight excluding hydrogens is 377 g/mol. The van der Waals surface area contributed by atoms with Crippen molar-refractivity contribution in [3.63, 3.8) is 0 Å². The van der Waals surface area contributed by atoms with E-state index in [2.05, 4.69) is 47.4 Å². The Morgan fingerprint density at radius 1 is 0.880 bits per heavy atom. The van der Waals surface area contributed by atoms with E-state index in [4.69, 9.17) is 27.9 Å². The van der Waals surface area contributed by atoms with Gasteiger partial charge in [-0.15, -0.1) is 35.6 Å². The molecule has 0 bridgehead atoms. The van der Waals surface area contributed by atoms with Crippen LogP contribution in [0.4, 0.5) is 0 Å². The number of alkyl halides is 2. The third-order valence-corrected chi connectivity index (χ3v) is 4.69. The van der Waals surface area contributed by atoms with Crippen LogP contribution in [0, 0.1) is 0 Å². The molecule has 0 aliphatic rings. The summed E-state index contributed by atoms with van der Waals surface area (Å²) in [7, 11) is 1.70. The average molecular weight is 399 g/mol. The predicted octanol–water partition coefficient (Wildman–Crippen LogP) is 5.70. The van der Waals surface area contributed by atoms with Crippen molar-refractivity contribution in [1.29, 1.82) is 0 Å². The van der Waals surface area contributed by atoms with Crippen LogP contribution in [0.15, 0.2) is 48.5 Å². The van der Waals surface area contributed by atoms with Gasteiger partial charge >= 0.3 is 0 Å². The number of methoxy groups -OCH3 is 1. The fourth-order valence-electron chi connectivity index (χ4n) is 3.17. The third kappa shape index (κ3) is 4.51. The first kappa shape index (κ1) is 20.1. The zero-order valence-electron chi connectivity index (χ0n) is 14.2. The second kappa shape index (κ2) is 9.49. The minimum absolute atomic E-state index is 0. The van der Waals surface area contributed by atoms with Crippen LogP contribution < -0.4 is 4.74 Å². The van der Waals surface area contributed by atoms with Crippen molar-refractivity contribution in [2.75, 3.05) is 32.0 Å². The molecule has 2 nitrogen and oxygen atoms in total. The lowest BCUT2D eigenvalue weighted by atomic mass is 9.96. The lowest BCUT2D eigenvalue weighted by molar-refractivity contribution is 0.300. The fourth-order valence-corrected chi connectivity index (χ4v) is 3.65. The van der Waals surface area contributed by atoms with E-state index in [1.165, 1.54) is 27.1 Å². The first-order chi connectivity index (χ1) is 11.8. The molecule has 25 heavy (non-hydrogen) atoms. The zero-order chi connectivity index (χ0) is 16.9. The van der Waals surface area contributed by atoms with Crippen molar-refractivity contribution in [2.45, 2.75) is 6.54 Å². The molecule has 5 heteroatoms. The summed E-state index contributed by atoms with van der Waals surface area (Å²) in [5.41, 5.74) is 1.29. The highest BCUT2D eigenvalue weighted by Gasteiger charge is 2.11. The van der Waals surface area contributed by atoms with Crippen LogP contribution in [0.1, 0.15) is 5.56 Å². The van der Waals surface area contributed by atoms with E-state index in [1.807, 2.05) is 6.07 Å². The number of hydrogen-bond donors (Lipinski definition) is 0. The van der Waals surface area contributed by atoms with Gasteiger partial charge in [0.2, 0.25) is 0 Å².